The van der Waals surface area contributed by atoms with E-state index in [2.05, 4.69) is 10.3 Å². The molecule has 0 spiro atoms. The van der Waals surface area contributed by atoms with Crippen LogP contribution >= 0.6 is 0 Å². The molecule has 5 nitrogen and oxygen atoms in total. The van der Waals surface area contributed by atoms with Gasteiger partial charge in [0.1, 0.15) is 5.75 Å². The number of aromatic amines is 1. The van der Waals surface area contributed by atoms with Gasteiger partial charge in [-0.3, -0.25) is 9.59 Å². The zero-order valence-electron chi connectivity index (χ0n) is 14.7. The molecule has 0 aliphatic rings. The van der Waals surface area contributed by atoms with Crippen LogP contribution in [-0.4, -0.2) is 24.5 Å². The van der Waals surface area contributed by atoms with E-state index in [9.17, 15) is 9.59 Å². The number of benzene rings is 2. The Kier molecular flexibility index (Phi) is 5.69. The van der Waals surface area contributed by atoms with E-state index in [4.69, 9.17) is 4.74 Å². The van der Waals surface area contributed by atoms with Crippen LogP contribution < -0.4 is 15.6 Å². The van der Waals surface area contributed by atoms with E-state index in [-0.39, 0.29) is 11.5 Å². The molecule has 0 unspecified atom stereocenters. The third-order valence-electron chi connectivity index (χ3n) is 4.33. The first-order chi connectivity index (χ1) is 12.7. The zero-order chi connectivity index (χ0) is 18.4. The number of methoxy groups -OCH3 is 1. The second kappa shape index (κ2) is 8.34. The van der Waals surface area contributed by atoms with Crippen molar-refractivity contribution in [3.8, 4) is 5.75 Å². The third kappa shape index (κ3) is 4.51. The number of ether oxygens (including phenoxy) is 1. The van der Waals surface area contributed by atoms with Crippen LogP contribution in [-0.2, 0) is 17.6 Å². The number of aryl methyl sites for hydroxylation is 1. The highest BCUT2D eigenvalue weighted by atomic mass is 16.5. The maximum Gasteiger partial charge on any atom is 0.251 e. The normalized spacial score (nSPS) is 10.7. The largest absolute Gasteiger partial charge is 0.497 e. The van der Waals surface area contributed by atoms with Gasteiger partial charge in [-0.2, -0.15) is 0 Å². The molecule has 2 aromatic carbocycles. The van der Waals surface area contributed by atoms with E-state index < -0.39 is 0 Å². The molecule has 0 radical (unpaired) electrons. The van der Waals surface area contributed by atoms with Crippen LogP contribution in [0.4, 0.5) is 0 Å². The van der Waals surface area contributed by atoms with Gasteiger partial charge in [0.2, 0.25) is 5.91 Å². The van der Waals surface area contributed by atoms with E-state index in [0.29, 0.717) is 37.1 Å². The number of fused-ring (bicyclic) bond motifs is 1. The Morgan fingerprint density at radius 3 is 2.65 bits per heavy atom. The molecule has 0 aliphatic heterocycles. The summed E-state index contributed by atoms with van der Waals surface area (Å²) in [5.41, 5.74) is 2.41. The van der Waals surface area contributed by atoms with E-state index in [1.807, 2.05) is 48.5 Å². The van der Waals surface area contributed by atoms with Crippen molar-refractivity contribution in [3.05, 3.63) is 76.1 Å². The summed E-state index contributed by atoms with van der Waals surface area (Å²) in [4.78, 5) is 27.0. The van der Waals surface area contributed by atoms with Gasteiger partial charge in [0.15, 0.2) is 0 Å². The molecule has 26 heavy (non-hydrogen) atoms. The average Bonchev–Trinajstić information content (AvgIpc) is 2.67. The number of H-pyrrole nitrogens is 1. The topological polar surface area (TPSA) is 71.2 Å². The number of rotatable bonds is 7. The smallest absolute Gasteiger partial charge is 0.251 e. The zero-order valence-corrected chi connectivity index (χ0v) is 14.7. The predicted molar refractivity (Wildman–Crippen MR) is 103 cm³/mol. The van der Waals surface area contributed by atoms with Crippen molar-refractivity contribution in [1.82, 2.24) is 10.3 Å². The number of pyridine rings is 1. The van der Waals surface area contributed by atoms with Gasteiger partial charge in [-0.15, -0.1) is 0 Å². The van der Waals surface area contributed by atoms with Gasteiger partial charge in [0, 0.05) is 24.6 Å². The molecule has 0 fully saturated rings. The number of carbonyl (C=O) groups excluding carboxylic acids is 1. The molecule has 3 rings (SSSR count). The summed E-state index contributed by atoms with van der Waals surface area (Å²) in [6.45, 7) is 0.443. The van der Waals surface area contributed by atoms with E-state index >= 15 is 0 Å². The van der Waals surface area contributed by atoms with Crippen molar-refractivity contribution in [2.24, 2.45) is 0 Å². The molecule has 1 aromatic heterocycles. The molecule has 0 saturated carbocycles. The summed E-state index contributed by atoms with van der Waals surface area (Å²) < 4.78 is 5.17. The Labute approximate surface area is 152 Å². The number of carbonyl (C=O) groups is 1. The minimum Gasteiger partial charge on any atom is -0.497 e. The van der Waals surface area contributed by atoms with Gasteiger partial charge in [0.25, 0.3) is 5.56 Å². The van der Waals surface area contributed by atoms with Crippen molar-refractivity contribution in [3.63, 3.8) is 0 Å². The minimum absolute atomic E-state index is 0.00388. The number of hydrogen-bond donors (Lipinski definition) is 2. The van der Waals surface area contributed by atoms with Gasteiger partial charge in [-0.25, -0.2) is 0 Å². The van der Waals surface area contributed by atoms with Crippen LogP contribution in [0.3, 0.4) is 0 Å². The highest BCUT2D eigenvalue weighted by molar-refractivity contribution is 5.80. The van der Waals surface area contributed by atoms with Gasteiger partial charge in [-0.1, -0.05) is 30.3 Å². The fraction of sp³-hybridized carbons (Fsp3) is 0.238. The summed E-state index contributed by atoms with van der Waals surface area (Å²) in [7, 11) is 1.59. The van der Waals surface area contributed by atoms with Crippen molar-refractivity contribution < 1.29 is 9.53 Å². The van der Waals surface area contributed by atoms with Gasteiger partial charge < -0.3 is 15.0 Å². The maximum absolute atomic E-state index is 12.2. The van der Waals surface area contributed by atoms with E-state index in [1.165, 1.54) is 0 Å². The summed E-state index contributed by atoms with van der Waals surface area (Å²) in [5, 5.41) is 3.82. The van der Waals surface area contributed by atoms with Crippen molar-refractivity contribution in [2.75, 3.05) is 13.7 Å². The number of aromatic nitrogens is 1. The molecule has 0 bridgehead atoms. The first kappa shape index (κ1) is 17.7. The molecular formula is C21H22N2O3. The van der Waals surface area contributed by atoms with Crippen LogP contribution in [0.25, 0.3) is 10.9 Å². The maximum atomic E-state index is 12.2. The quantitative estimate of drug-likeness (QED) is 0.688. The van der Waals surface area contributed by atoms with Crippen LogP contribution in [0.1, 0.15) is 17.5 Å². The molecule has 1 heterocycles. The summed E-state index contributed by atoms with van der Waals surface area (Å²) in [6, 6.07) is 17.3. The monoisotopic (exact) mass is 350 g/mol. The standard InChI is InChI=1S/C21H22N2O3/c1-26-18-9-8-16-13-17(21(25)23-19(16)14-18)11-12-22-20(24)10-7-15-5-3-2-4-6-15/h2-6,8-9,13-14H,7,10-12H2,1H3,(H,22,24)(H,23,25). The molecule has 0 atom stereocenters. The highest BCUT2D eigenvalue weighted by Gasteiger charge is 2.06. The number of amides is 1. The van der Waals surface area contributed by atoms with E-state index in [0.717, 1.165) is 16.5 Å². The molecule has 5 heteroatoms. The van der Waals surface area contributed by atoms with Gasteiger partial charge in [0.05, 0.1) is 12.6 Å². The molecule has 3 aromatic rings. The number of nitrogens with one attached hydrogen (secondary N) is 2. The molecule has 0 aliphatic carbocycles. The van der Waals surface area contributed by atoms with Crippen molar-refractivity contribution >= 4 is 16.8 Å². The van der Waals surface area contributed by atoms with Crippen molar-refractivity contribution in [1.29, 1.82) is 0 Å². The fourth-order valence-corrected chi connectivity index (χ4v) is 2.87. The van der Waals surface area contributed by atoms with Gasteiger partial charge in [-0.05, 0) is 42.0 Å². The SMILES string of the molecule is COc1ccc2cc(CCNC(=O)CCc3ccccc3)c(=O)[nH]c2c1. The number of hydrogen-bond acceptors (Lipinski definition) is 3. The lowest BCUT2D eigenvalue weighted by Crippen LogP contribution is -2.27. The Morgan fingerprint density at radius 2 is 1.88 bits per heavy atom. The first-order valence-electron chi connectivity index (χ1n) is 8.66. The van der Waals surface area contributed by atoms with Crippen LogP contribution in [0.2, 0.25) is 0 Å². The molecular weight excluding hydrogens is 328 g/mol. The third-order valence-corrected chi connectivity index (χ3v) is 4.33. The summed E-state index contributed by atoms with van der Waals surface area (Å²) >= 11 is 0. The second-order valence-corrected chi connectivity index (χ2v) is 6.16. The summed E-state index contributed by atoms with van der Waals surface area (Å²) in [6.07, 6.45) is 1.65. The molecule has 1 amide bonds. The van der Waals surface area contributed by atoms with E-state index in [1.54, 1.807) is 13.2 Å². The summed E-state index contributed by atoms with van der Waals surface area (Å²) in [5.74, 6) is 0.697. The fourth-order valence-electron chi connectivity index (χ4n) is 2.87. The molecule has 0 saturated heterocycles. The Morgan fingerprint density at radius 1 is 1.08 bits per heavy atom. The Hall–Kier alpha value is -3.08. The Bertz CT molecular complexity index is 948. The minimum atomic E-state index is -0.135. The average molecular weight is 350 g/mol. The molecule has 2 N–H and O–H groups in total. The lowest BCUT2D eigenvalue weighted by atomic mass is 10.1. The van der Waals surface area contributed by atoms with Crippen molar-refractivity contribution in [2.45, 2.75) is 19.3 Å². The van der Waals surface area contributed by atoms with Crippen LogP contribution in [0, 0.1) is 0 Å². The molecule has 134 valence electrons. The lowest BCUT2D eigenvalue weighted by molar-refractivity contribution is -0.121. The Balaban J connectivity index is 1.55. The highest BCUT2D eigenvalue weighted by Crippen LogP contribution is 2.18. The predicted octanol–water partition coefficient (Wildman–Crippen LogP) is 2.83. The van der Waals surface area contributed by atoms with Crippen LogP contribution in [0.15, 0.2) is 59.4 Å². The van der Waals surface area contributed by atoms with Crippen LogP contribution in [0.5, 0.6) is 5.75 Å². The van der Waals surface area contributed by atoms with Gasteiger partial charge >= 0.3 is 0 Å². The second-order valence-electron chi connectivity index (χ2n) is 6.16. The lowest BCUT2D eigenvalue weighted by Gasteiger charge is -2.07. The first-order valence-corrected chi connectivity index (χ1v) is 8.66.